The Morgan fingerprint density at radius 1 is 1.04 bits per heavy atom. The van der Waals surface area contributed by atoms with Crippen molar-refractivity contribution in [1.82, 2.24) is 10.2 Å². The Hall–Kier alpha value is -0.810. The van der Waals surface area contributed by atoms with Crippen molar-refractivity contribution in [3.8, 4) is 0 Å². The van der Waals surface area contributed by atoms with Crippen molar-refractivity contribution < 1.29 is 14.6 Å². The number of hydrogen-bond acceptors (Lipinski definition) is 4. The number of likely N-dealkylation sites (tertiary alicyclic amines) is 1. The van der Waals surface area contributed by atoms with E-state index in [1.54, 1.807) is 0 Å². The van der Waals surface area contributed by atoms with E-state index in [-0.39, 0.29) is 12.2 Å². The Bertz CT molecular complexity index is 365. The van der Waals surface area contributed by atoms with E-state index in [9.17, 15) is 9.90 Å². The maximum atomic E-state index is 12.0. The SMILES string of the molecule is CC(C)(C)OC(=O)N1CCC(CNCC2CCC(O)CC2)CC1. The van der Waals surface area contributed by atoms with Gasteiger partial charge in [-0.1, -0.05) is 0 Å². The van der Waals surface area contributed by atoms with Gasteiger partial charge in [0.25, 0.3) is 0 Å². The van der Waals surface area contributed by atoms with E-state index in [0.29, 0.717) is 5.92 Å². The Morgan fingerprint density at radius 3 is 2.09 bits per heavy atom. The zero-order chi connectivity index (χ0) is 16.9. The smallest absolute Gasteiger partial charge is 0.410 e. The van der Waals surface area contributed by atoms with Crippen molar-refractivity contribution in [3.63, 3.8) is 0 Å². The fourth-order valence-corrected chi connectivity index (χ4v) is 3.49. The summed E-state index contributed by atoms with van der Waals surface area (Å²) in [4.78, 5) is 13.9. The molecule has 5 heteroatoms. The van der Waals surface area contributed by atoms with Crippen LogP contribution in [0.4, 0.5) is 4.79 Å². The van der Waals surface area contributed by atoms with E-state index in [0.717, 1.165) is 70.6 Å². The molecule has 2 N–H and O–H groups in total. The molecule has 1 heterocycles. The van der Waals surface area contributed by atoms with Crippen LogP contribution in [0.15, 0.2) is 0 Å². The zero-order valence-corrected chi connectivity index (χ0v) is 15.0. The highest BCUT2D eigenvalue weighted by Crippen LogP contribution is 2.24. The van der Waals surface area contributed by atoms with Gasteiger partial charge in [-0.2, -0.15) is 0 Å². The molecule has 1 amide bonds. The first-order valence-electron chi connectivity index (χ1n) is 9.20. The third-order valence-electron chi connectivity index (χ3n) is 4.95. The summed E-state index contributed by atoms with van der Waals surface area (Å²) in [5.41, 5.74) is -0.414. The Labute approximate surface area is 140 Å². The van der Waals surface area contributed by atoms with Crippen LogP contribution in [0, 0.1) is 11.8 Å². The van der Waals surface area contributed by atoms with Gasteiger partial charge in [0.2, 0.25) is 0 Å². The molecule has 0 unspecified atom stereocenters. The minimum absolute atomic E-state index is 0.0663. The van der Waals surface area contributed by atoms with Crippen molar-refractivity contribution in [2.24, 2.45) is 11.8 Å². The molecule has 0 atom stereocenters. The maximum Gasteiger partial charge on any atom is 0.410 e. The van der Waals surface area contributed by atoms with Gasteiger partial charge in [-0.25, -0.2) is 4.79 Å². The van der Waals surface area contributed by atoms with Gasteiger partial charge in [0.05, 0.1) is 6.10 Å². The molecule has 1 aliphatic carbocycles. The van der Waals surface area contributed by atoms with Crippen LogP contribution in [-0.2, 0) is 4.74 Å². The van der Waals surface area contributed by atoms with Crippen LogP contribution in [0.1, 0.15) is 59.3 Å². The van der Waals surface area contributed by atoms with Crippen LogP contribution in [0.2, 0.25) is 0 Å². The van der Waals surface area contributed by atoms with E-state index in [1.807, 2.05) is 25.7 Å². The highest BCUT2D eigenvalue weighted by atomic mass is 16.6. The Kier molecular flexibility index (Phi) is 6.72. The summed E-state index contributed by atoms with van der Waals surface area (Å²) in [7, 11) is 0. The molecular formula is C18H34N2O3. The van der Waals surface area contributed by atoms with E-state index < -0.39 is 5.60 Å². The second kappa shape index (κ2) is 8.34. The van der Waals surface area contributed by atoms with Gasteiger partial charge >= 0.3 is 6.09 Å². The molecule has 0 spiro atoms. The van der Waals surface area contributed by atoms with Gasteiger partial charge in [0.1, 0.15) is 5.60 Å². The average Bonchev–Trinajstić information content (AvgIpc) is 2.48. The summed E-state index contributed by atoms with van der Waals surface area (Å²) in [6.07, 6.45) is 6.07. The number of rotatable bonds is 4. The monoisotopic (exact) mass is 326 g/mol. The van der Waals surface area contributed by atoms with Crippen LogP contribution in [-0.4, -0.2) is 54.0 Å². The van der Waals surface area contributed by atoms with Crippen LogP contribution in [0.3, 0.4) is 0 Å². The lowest BCUT2D eigenvalue weighted by atomic mass is 9.87. The molecule has 2 rings (SSSR count). The normalized spacial score (nSPS) is 27.0. The zero-order valence-electron chi connectivity index (χ0n) is 15.0. The number of nitrogens with one attached hydrogen (secondary N) is 1. The van der Waals surface area contributed by atoms with Crippen molar-refractivity contribution in [2.75, 3.05) is 26.2 Å². The standard InChI is InChI=1S/C18H34N2O3/c1-18(2,3)23-17(22)20-10-8-15(9-11-20)13-19-12-14-4-6-16(21)7-5-14/h14-16,19,21H,4-13H2,1-3H3. The number of aliphatic hydroxyl groups is 1. The van der Waals surface area contributed by atoms with Gasteiger partial charge in [0.15, 0.2) is 0 Å². The summed E-state index contributed by atoms with van der Waals surface area (Å²) in [6.45, 7) is 9.44. The van der Waals surface area contributed by atoms with Gasteiger partial charge in [-0.05, 0) is 84.2 Å². The molecule has 5 nitrogen and oxygen atoms in total. The van der Waals surface area contributed by atoms with Crippen LogP contribution < -0.4 is 5.32 Å². The highest BCUT2D eigenvalue weighted by molar-refractivity contribution is 5.68. The first-order valence-corrected chi connectivity index (χ1v) is 9.20. The van der Waals surface area contributed by atoms with Gasteiger partial charge < -0.3 is 20.1 Å². The number of hydrogen-bond donors (Lipinski definition) is 2. The third kappa shape index (κ3) is 6.68. The van der Waals surface area contributed by atoms with Crippen LogP contribution in [0.5, 0.6) is 0 Å². The van der Waals surface area contributed by atoms with Crippen molar-refractivity contribution in [3.05, 3.63) is 0 Å². The van der Waals surface area contributed by atoms with E-state index in [2.05, 4.69) is 5.32 Å². The second-order valence-electron chi connectivity index (χ2n) is 8.24. The fourth-order valence-electron chi connectivity index (χ4n) is 3.49. The van der Waals surface area contributed by atoms with Crippen molar-refractivity contribution >= 4 is 6.09 Å². The second-order valence-corrected chi connectivity index (χ2v) is 8.24. The number of carbonyl (C=O) groups excluding carboxylic acids is 1. The van der Waals surface area contributed by atoms with Crippen LogP contribution >= 0.6 is 0 Å². The number of aliphatic hydroxyl groups excluding tert-OH is 1. The number of carbonyl (C=O) groups is 1. The van der Waals surface area contributed by atoms with E-state index in [4.69, 9.17) is 4.74 Å². The molecular weight excluding hydrogens is 292 g/mol. The van der Waals surface area contributed by atoms with Crippen LogP contribution in [0.25, 0.3) is 0 Å². The summed E-state index contributed by atoms with van der Waals surface area (Å²) < 4.78 is 5.43. The highest BCUT2D eigenvalue weighted by Gasteiger charge is 2.27. The molecule has 1 aliphatic heterocycles. The summed E-state index contributed by atoms with van der Waals surface area (Å²) in [5, 5.41) is 13.1. The minimum atomic E-state index is -0.414. The van der Waals surface area contributed by atoms with Gasteiger partial charge in [-0.3, -0.25) is 0 Å². The lowest BCUT2D eigenvalue weighted by Crippen LogP contribution is -2.43. The molecule has 0 aromatic rings. The molecule has 2 fully saturated rings. The molecule has 23 heavy (non-hydrogen) atoms. The quantitative estimate of drug-likeness (QED) is 0.834. The first-order chi connectivity index (χ1) is 10.8. The topological polar surface area (TPSA) is 61.8 Å². The van der Waals surface area contributed by atoms with Crippen molar-refractivity contribution in [1.29, 1.82) is 0 Å². The number of ether oxygens (including phenoxy) is 1. The Balaban J connectivity index is 1.59. The molecule has 1 saturated heterocycles. The fraction of sp³-hybridized carbons (Fsp3) is 0.944. The van der Waals surface area contributed by atoms with Gasteiger partial charge in [-0.15, -0.1) is 0 Å². The summed E-state index contributed by atoms with van der Waals surface area (Å²) in [5.74, 6) is 1.38. The molecule has 1 saturated carbocycles. The number of piperidine rings is 1. The summed E-state index contributed by atoms with van der Waals surface area (Å²) in [6, 6.07) is 0. The largest absolute Gasteiger partial charge is 0.444 e. The van der Waals surface area contributed by atoms with Gasteiger partial charge in [0, 0.05) is 13.1 Å². The predicted octanol–water partition coefficient (Wildman–Crippen LogP) is 2.77. The maximum absolute atomic E-state index is 12.0. The number of amides is 1. The molecule has 0 bridgehead atoms. The summed E-state index contributed by atoms with van der Waals surface area (Å²) >= 11 is 0. The first kappa shape index (κ1) is 18.5. The molecule has 0 aromatic heterocycles. The lowest BCUT2D eigenvalue weighted by Gasteiger charge is -2.34. The molecule has 2 aliphatic rings. The molecule has 134 valence electrons. The van der Waals surface area contributed by atoms with Crippen molar-refractivity contribution in [2.45, 2.75) is 71.0 Å². The Morgan fingerprint density at radius 2 is 1.57 bits per heavy atom. The lowest BCUT2D eigenvalue weighted by molar-refractivity contribution is 0.0183. The predicted molar refractivity (Wildman–Crippen MR) is 91.4 cm³/mol. The molecule has 0 aromatic carbocycles. The van der Waals surface area contributed by atoms with E-state index >= 15 is 0 Å². The minimum Gasteiger partial charge on any atom is -0.444 e. The van der Waals surface area contributed by atoms with E-state index in [1.165, 1.54) is 0 Å². The number of nitrogens with zero attached hydrogens (tertiary/aromatic N) is 1. The molecule has 0 radical (unpaired) electrons. The third-order valence-corrected chi connectivity index (χ3v) is 4.95. The average molecular weight is 326 g/mol.